The van der Waals surface area contributed by atoms with Crippen molar-refractivity contribution in [2.45, 2.75) is 18.9 Å². The molecule has 0 heterocycles. The first-order chi connectivity index (χ1) is 8.74. The van der Waals surface area contributed by atoms with Gasteiger partial charge in [-0.2, -0.15) is 0 Å². The molecule has 1 aromatic rings. The van der Waals surface area contributed by atoms with E-state index in [2.05, 4.69) is 5.32 Å². The van der Waals surface area contributed by atoms with E-state index in [9.17, 15) is 0 Å². The molecule has 100 valence electrons. The van der Waals surface area contributed by atoms with Crippen LogP contribution in [-0.4, -0.2) is 28.4 Å². The first-order valence-corrected chi connectivity index (χ1v) is 6.22. The fraction of sp³-hybridized carbons (Fsp3) is 0.571. The second-order valence-electron chi connectivity index (χ2n) is 4.55. The summed E-state index contributed by atoms with van der Waals surface area (Å²) in [6.45, 7) is 0. The van der Waals surface area contributed by atoms with Crippen LogP contribution in [-0.2, 0) is 0 Å². The van der Waals surface area contributed by atoms with Crippen molar-refractivity contribution < 1.29 is 14.2 Å². The summed E-state index contributed by atoms with van der Waals surface area (Å²) in [6, 6.07) is 4.22. The molecule has 0 amide bonds. The Morgan fingerprint density at radius 1 is 1.00 bits per heavy atom. The van der Waals surface area contributed by atoms with E-state index in [-0.39, 0.29) is 0 Å². The zero-order valence-electron chi connectivity index (χ0n) is 11.4. The summed E-state index contributed by atoms with van der Waals surface area (Å²) >= 11 is 0. The van der Waals surface area contributed by atoms with Crippen molar-refractivity contribution in [1.29, 1.82) is 0 Å². The zero-order valence-corrected chi connectivity index (χ0v) is 11.4. The quantitative estimate of drug-likeness (QED) is 0.842. The minimum Gasteiger partial charge on any atom is -0.496 e. The molecule has 4 nitrogen and oxygen atoms in total. The largest absolute Gasteiger partial charge is 0.496 e. The molecular weight excluding hydrogens is 230 g/mol. The average Bonchev–Trinajstić information content (AvgIpc) is 3.23. The second-order valence-corrected chi connectivity index (χ2v) is 4.55. The van der Waals surface area contributed by atoms with Crippen LogP contribution in [0.4, 0.5) is 0 Å². The van der Waals surface area contributed by atoms with Gasteiger partial charge < -0.3 is 19.5 Å². The summed E-state index contributed by atoms with van der Waals surface area (Å²) < 4.78 is 16.1. The van der Waals surface area contributed by atoms with Gasteiger partial charge in [0.2, 0.25) is 0 Å². The van der Waals surface area contributed by atoms with Gasteiger partial charge in [-0.1, -0.05) is 0 Å². The Kier molecular flexibility index (Phi) is 3.97. The van der Waals surface area contributed by atoms with Gasteiger partial charge in [0.15, 0.2) is 11.5 Å². The van der Waals surface area contributed by atoms with Gasteiger partial charge in [-0.15, -0.1) is 0 Å². The van der Waals surface area contributed by atoms with Gasteiger partial charge in [-0.05, 0) is 31.9 Å². The van der Waals surface area contributed by atoms with Crippen molar-refractivity contribution in [2.24, 2.45) is 5.92 Å². The maximum Gasteiger partial charge on any atom is 0.164 e. The van der Waals surface area contributed by atoms with Crippen molar-refractivity contribution in [3.05, 3.63) is 17.7 Å². The molecule has 0 aliphatic heterocycles. The Morgan fingerprint density at radius 2 is 1.56 bits per heavy atom. The van der Waals surface area contributed by atoms with Gasteiger partial charge in [-0.3, -0.25) is 0 Å². The molecule has 2 rings (SSSR count). The number of rotatable bonds is 6. The third kappa shape index (κ3) is 2.38. The highest BCUT2D eigenvalue weighted by molar-refractivity contribution is 5.52. The highest BCUT2D eigenvalue weighted by Gasteiger charge is 2.33. The Labute approximate surface area is 108 Å². The average molecular weight is 251 g/mol. The SMILES string of the molecule is CNC(c1cc(OC)c(OC)cc1OC)C1CC1. The molecule has 1 aliphatic carbocycles. The predicted octanol–water partition coefficient (Wildman–Crippen LogP) is 2.38. The Balaban J connectivity index is 2.43. The molecule has 1 atom stereocenters. The molecule has 1 fully saturated rings. The molecule has 0 saturated heterocycles. The van der Waals surface area contributed by atoms with Gasteiger partial charge in [0.25, 0.3) is 0 Å². The molecule has 1 N–H and O–H groups in total. The molecular formula is C14H21NO3. The summed E-state index contributed by atoms with van der Waals surface area (Å²) in [6.07, 6.45) is 2.53. The van der Waals surface area contributed by atoms with Crippen molar-refractivity contribution in [3.63, 3.8) is 0 Å². The number of benzene rings is 1. The molecule has 1 aliphatic rings. The number of nitrogens with one attached hydrogen (secondary N) is 1. The molecule has 1 aromatic carbocycles. The van der Waals surface area contributed by atoms with E-state index in [4.69, 9.17) is 14.2 Å². The van der Waals surface area contributed by atoms with Gasteiger partial charge in [0.1, 0.15) is 5.75 Å². The van der Waals surface area contributed by atoms with E-state index < -0.39 is 0 Å². The maximum atomic E-state index is 5.47. The van der Waals surface area contributed by atoms with E-state index >= 15 is 0 Å². The van der Waals surface area contributed by atoms with Crippen LogP contribution in [0, 0.1) is 5.92 Å². The van der Waals surface area contributed by atoms with Crippen molar-refractivity contribution in [2.75, 3.05) is 28.4 Å². The molecule has 1 unspecified atom stereocenters. The van der Waals surface area contributed by atoms with Crippen molar-refractivity contribution in [1.82, 2.24) is 5.32 Å². The fourth-order valence-corrected chi connectivity index (χ4v) is 2.37. The smallest absolute Gasteiger partial charge is 0.164 e. The van der Waals surface area contributed by atoms with Gasteiger partial charge in [-0.25, -0.2) is 0 Å². The zero-order chi connectivity index (χ0) is 13.1. The standard InChI is InChI=1S/C14H21NO3/c1-15-14(9-5-6-9)10-7-12(17-3)13(18-4)8-11(10)16-2/h7-9,14-15H,5-6H2,1-4H3. The first kappa shape index (κ1) is 13.0. The minimum atomic E-state index is 0.319. The number of methoxy groups -OCH3 is 3. The topological polar surface area (TPSA) is 39.7 Å². The summed E-state index contributed by atoms with van der Waals surface area (Å²) in [7, 11) is 6.95. The predicted molar refractivity (Wildman–Crippen MR) is 70.6 cm³/mol. The number of ether oxygens (including phenoxy) is 3. The van der Waals surface area contributed by atoms with Crippen LogP contribution in [0.25, 0.3) is 0 Å². The lowest BCUT2D eigenvalue weighted by Crippen LogP contribution is -2.19. The Hall–Kier alpha value is -1.42. The Morgan fingerprint density at radius 3 is 2.00 bits per heavy atom. The third-order valence-corrected chi connectivity index (χ3v) is 3.48. The van der Waals surface area contributed by atoms with Gasteiger partial charge >= 0.3 is 0 Å². The van der Waals surface area contributed by atoms with Crippen molar-refractivity contribution in [3.8, 4) is 17.2 Å². The normalized spacial score (nSPS) is 16.2. The Bertz CT molecular complexity index is 416. The monoisotopic (exact) mass is 251 g/mol. The second kappa shape index (κ2) is 5.48. The number of hydrogen-bond acceptors (Lipinski definition) is 4. The first-order valence-electron chi connectivity index (χ1n) is 6.22. The highest BCUT2D eigenvalue weighted by atomic mass is 16.5. The van der Waals surface area contributed by atoms with E-state index in [0.29, 0.717) is 17.7 Å². The molecule has 0 aromatic heterocycles. The molecule has 0 bridgehead atoms. The molecule has 18 heavy (non-hydrogen) atoms. The molecule has 0 spiro atoms. The van der Waals surface area contributed by atoms with Crippen molar-refractivity contribution >= 4 is 0 Å². The van der Waals surface area contributed by atoms with Crippen LogP contribution in [0.3, 0.4) is 0 Å². The van der Waals surface area contributed by atoms with E-state index in [1.54, 1.807) is 21.3 Å². The molecule has 1 saturated carbocycles. The van der Waals surface area contributed by atoms with Crippen LogP contribution in [0.2, 0.25) is 0 Å². The lowest BCUT2D eigenvalue weighted by atomic mass is 10.0. The third-order valence-electron chi connectivity index (χ3n) is 3.48. The summed E-state index contributed by atoms with van der Waals surface area (Å²) in [4.78, 5) is 0. The lowest BCUT2D eigenvalue weighted by molar-refractivity contribution is 0.344. The van der Waals surface area contributed by atoms with Gasteiger partial charge in [0.05, 0.1) is 21.3 Å². The lowest BCUT2D eigenvalue weighted by Gasteiger charge is -2.21. The van der Waals surface area contributed by atoms with Crippen LogP contribution >= 0.6 is 0 Å². The van der Waals surface area contributed by atoms with Crippen LogP contribution in [0.15, 0.2) is 12.1 Å². The minimum absolute atomic E-state index is 0.319. The van der Waals surface area contributed by atoms with E-state index in [0.717, 1.165) is 17.1 Å². The van der Waals surface area contributed by atoms with Crippen LogP contribution in [0.5, 0.6) is 17.2 Å². The van der Waals surface area contributed by atoms with E-state index in [1.807, 2.05) is 19.2 Å². The fourth-order valence-electron chi connectivity index (χ4n) is 2.37. The van der Waals surface area contributed by atoms with E-state index in [1.165, 1.54) is 12.8 Å². The highest BCUT2D eigenvalue weighted by Crippen LogP contribution is 2.46. The summed E-state index contributed by atoms with van der Waals surface area (Å²) in [5.41, 5.74) is 1.14. The molecule has 0 radical (unpaired) electrons. The van der Waals surface area contributed by atoms with Crippen LogP contribution in [0.1, 0.15) is 24.4 Å². The summed E-state index contributed by atoms with van der Waals surface area (Å²) in [5.74, 6) is 2.99. The maximum absolute atomic E-state index is 5.47. The van der Waals surface area contributed by atoms with Gasteiger partial charge in [0, 0.05) is 17.7 Å². The summed E-state index contributed by atoms with van der Waals surface area (Å²) in [5, 5.41) is 3.37. The van der Waals surface area contributed by atoms with Crippen LogP contribution < -0.4 is 19.5 Å². The number of hydrogen-bond donors (Lipinski definition) is 1. The molecule has 4 heteroatoms.